The van der Waals surface area contributed by atoms with Crippen LogP contribution < -0.4 is 5.32 Å². The van der Waals surface area contributed by atoms with E-state index in [1.165, 1.54) is 5.56 Å². The molecule has 0 radical (unpaired) electrons. The van der Waals surface area contributed by atoms with Crippen LogP contribution in [0.3, 0.4) is 0 Å². The maximum atomic E-state index is 13.1. The first-order valence-electron chi connectivity index (χ1n) is 11.8. The SMILES string of the molecule is CC(C)Cc1ccc(C(=O)c2cccc(C(=O)Nc3ccn4c3CSC4c3cccnc3)c2)cc1. The van der Waals surface area contributed by atoms with E-state index in [2.05, 4.69) is 34.8 Å². The Morgan fingerprint density at radius 1 is 1.03 bits per heavy atom. The molecular formula is C29H27N3O2S. The molecule has 1 N–H and O–H groups in total. The van der Waals surface area contributed by atoms with Crippen molar-refractivity contribution < 1.29 is 9.59 Å². The lowest BCUT2D eigenvalue weighted by Gasteiger charge is -2.12. The Balaban J connectivity index is 1.31. The molecule has 0 saturated heterocycles. The molecule has 2 aromatic carbocycles. The summed E-state index contributed by atoms with van der Waals surface area (Å²) in [5.41, 5.74) is 5.81. The fraction of sp³-hybridized carbons (Fsp3) is 0.207. The zero-order valence-corrected chi connectivity index (χ0v) is 20.6. The van der Waals surface area contributed by atoms with Crippen LogP contribution in [0.5, 0.6) is 0 Å². The summed E-state index contributed by atoms with van der Waals surface area (Å²) in [7, 11) is 0. The third-order valence-electron chi connectivity index (χ3n) is 6.12. The Labute approximate surface area is 209 Å². The summed E-state index contributed by atoms with van der Waals surface area (Å²) in [5.74, 6) is 1.05. The number of carbonyl (C=O) groups is 2. The summed E-state index contributed by atoms with van der Waals surface area (Å²) in [6.07, 6.45) is 6.64. The predicted octanol–water partition coefficient (Wildman–Crippen LogP) is 6.36. The number of benzene rings is 2. The lowest BCUT2D eigenvalue weighted by atomic mass is 9.97. The van der Waals surface area contributed by atoms with Gasteiger partial charge in [-0.15, -0.1) is 11.8 Å². The Kier molecular flexibility index (Phi) is 6.55. The molecule has 2 aromatic heterocycles. The van der Waals surface area contributed by atoms with Crippen molar-refractivity contribution in [2.45, 2.75) is 31.4 Å². The van der Waals surface area contributed by atoms with E-state index >= 15 is 0 Å². The number of thioether (sulfide) groups is 1. The zero-order chi connectivity index (χ0) is 24.4. The molecule has 1 aliphatic heterocycles. The predicted molar refractivity (Wildman–Crippen MR) is 141 cm³/mol. The van der Waals surface area contributed by atoms with Crippen molar-refractivity contribution in [3.8, 4) is 0 Å². The molecule has 0 spiro atoms. The number of aromatic nitrogens is 2. The van der Waals surface area contributed by atoms with E-state index in [0.29, 0.717) is 22.6 Å². The van der Waals surface area contributed by atoms with Crippen molar-refractivity contribution in [1.82, 2.24) is 9.55 Å². The molecule has 1 amide bonds. The van der Waals surface area contributed by atoms with E-state index in [-0.39, 0.29) is 17.1 Å². The summed E-state index contributed by atoms with van der Waals surface area (Å²) >= 11 is 1.80. The van der Waals surface area contributed by atoms with Gasteiger partial charge >= 0.3 is 0 Å². The first-order chi connectivity index (χ1) is 17.0. The van der Waals surface area contributed by atoms with Gasteiger partial charge < -0.3 is 9.88 Å². The highest BCUT2D eigenvalue weighted by molar-refractivity contribution is 7.99. The van der Waals surface area contributed by atoms with Crippen molar-refractivity contribution in [2.24, 2.45) is 5.92 Å². The number of ketones is 1. The van der Waals surface area contributed by atoms with Gasteiger partial charge in [0.2, 0.25) is 0 Å². The van der Waals surface area contributed by atoms with Gasteiger partial charge in [0.05, 0.1) is 11.4 Å². The van der Waals surface area contributed by atoms with Crippen LogP contribution >= 0.6 is 11.8 Å². The van der Waals surface area contributed by atoms with Crippen LogP contribution in [0.1, 0.15) is 62.3 Å². The monoisotopic (exact) mass is 481 g/mol. The van der Waals surface area contributed by atoms with Gasteiger partial charge in [-0.1, -0.05) is 56.3 Å². The van der Waals surface area contributed by atoms with Crippen molar-refractivity contribution in [1.29, 1.82) is 0 Å². The fourth-order valence-corrected chi connectivity index (χ4v) is 5.72. The van der Waals surface area contributed by atoms with Crippen LogP contribution in [0.4, 0.5) is 5.69 Å². The molecule has 0 aliphatic carbocycles. The summed E-state index contributed by atoms with van der Waals surface area (Å²) in [4.78, 5) is 30.4. The second-order valence-electron chi connectivity index (χ2n) is 9.19. The van der Waals surface area contributed by atoms with Crippen LogP contribution in [0.2, 0.25) is 0 Å². The molecule has 5 nitrogen and oxygen atoms in total. The summed E-state index contributed by atoms with van der Waals surface area (Å²) in [6.45, 7) is 4.35. The number of pyridine rings is 1. The largest absolute Gasteiger partial charge is 0.332 e. The second-order valence-corrected chi connectivity index (χ2v) is 10.3. The number of nitrogens with one attached hydrogen (secondary N) is 1. The van der Waals surface area contributed by atoms with Crippen molar-refractivity contribution >= 4 is 29.1 Å². The van der Waals surface area contributed by atoms with Crippen molar-refractivity contribution in [3.05, 3.63) is 119 Å². The summed E-state index contributed by atoms with van der Waals surface area (Å²) < 4.78 is 2.18. The third-order valence-corrected chi connectivity index (χ3v) is 7.37. The average molecular weight is 482 g/mol. The maximum Gasteiger partial charge on any atom is 0.255 e. The van der Waals surface area contributed by atoms with E-state index < -0.39 is 0 Å². The van der Waals surface area contributed by atoms with E-state index in [0.717, 1.165) is 29.1 Å². The van der Waals surface area contributed by atoms with Crippen LogP contribution in [0.25, 0.3) is 0 Å². The smallest absolute Gasteiger partial charge is 0.255 e. The topological polar surface area (TPSA) is 64.0 Å². The number of amides is 1. The maximum absolute atomic E-state index is 13.1. The molecule has 3 heterocycles. The van der Waals surface area contributed by atoms with Crippen LogP contribution in [0.15, 0.2) is 85.3 Å². The molecule has 5 rings (SSSR count). The number of fused-ring (bicyclic) bond motifs is 1. The van der Waals surface area contributed by atoms with Crippen LogP contribution in [0, 0.1) is 5.92 Å². The number of nitrogens with zero attached hydrogens (tertiary/aromatic N) is 2. The quantitative estimate of drug-likeness (QED) is 0.312. The Morgan fingerprint density at radius 3 is 2.57 bits per heavy atom. The van der Waals surface area contributed by atoms with Crippen molar-refractivity contribution in [3.63, 3.8) is 0 Å². The molecule has 0 fully saturated rings. The highest BCUT2D eigenvalue weighted by Crippen LogP contribution is 2.43. The minimum atomic E-state index is -0.226. The molecule has 35 heavy (non-hydrogen) atoms. The van der Waals surface area contributed by atoms with E-state index in [1.807, 2.05) is 48.8 Å². The van der Waals surface area contributed by atoms with Gasteiger partial charge in [-0.2, -0.15) is 0 Å². The summed E-state index contributed by atoms with van der Waals surface area (Å²) in [5, 5.41) is 3.19. The van der Waals surface area contributed by atoms with Gasteiger partial charge in [-0.25, -0.2) is 0 Å². The molecule has 1 aliphatic rings. The summed E-state index contributed by atoms with van der Waals surface area (Å²) in [6, 6.07) is 20.6. The second kappa shape index (κ2) is 9.92. The van der Waals surface area contributed by atoms with Gasteiger partial charge in [-0.05, 0) is 42.2 Å². The molecule has 1 atom stereocenters. The van der Waals surface area contributed by atoms with Crippen molar-refractivity contribution in [2.75, 3.05) is 5.32 Å². The Morgan fingerprint density at radius 2 is 1.83 bits per heavy atom. The van der Waals surface area contributed by atoms with Gasteiger partial charge in [-0.3, -0.25) is 14.6 Å². The Bertz CT molecular complexity index is 1360. The van der Waals surface area contributed by atoms with E-state index in [9.17, 15) is 9.59 Å². The number of hydrogen-bond donors (Lipinski definition) is 1. The fourth-order valence-electron chi connectivity index (χ4n) is 4.41. The average Bonchev–Trinajstić information content (AvgIpc) is 3.47. The molecule has 4 aromatic rings. The van der Waals surface area contributed by atoms with Gasteiger partial charge in [0.25, 0.3) is 5.91 Å². The number of rotatable bonds is 7. The number of carbonyl (C=O) groups excluding carboxylic acids is 2. The molecular weight excluding hydrogens is 454 g/mol. The molecule has 176 valence electrons. The number of anilines is 1. The van der Waals surface area contributed by atoms with Crippen LogP contribution in [-0.2, 0) is 12.2 Å². The lowest BCUT2D eigenvalue weighted by Crippen LogP contribution is -2.14. The molecule has 0 bridgehead atoms. The van der Waals surface area contributed by atoms with E-state index in [4.69, 9.17) is 0 Å². The van der Waals surface area contributed by atoms with Gasteiger partial charge in [0, 0.05) is 46.6 Å². The highest BCUT2D eigenvalue weighted by Gasteiger charge is 2.27. The van der Waals surface area contributed by atoms with Crippen LogP contribution in [-0.4, -0.2) is 21.2 Å². The minimum absolute atomic E-state index is 0.0868. The third kappa shape index (κ3) is 4.93. The molecule has 1 unspecified atom stereocenters. The zero-order valence-electron chi connectivity index (χ0n) is 19.8. The molecule has 6 heteroatoms. The molecule has 0 saturated carbocycles. The minimum Gasteiger partial charge on any atom is -0.332 e. The van der Waals surface area contributed by atoms with Gasteiger partial charge in [0.1, 0.15) is 5.37 Å². The highest BCUT2D eigenvalue weighted by atomic mass is 32.2. The standard InChI is InChI=1S/C29H27N3O2S/c1-19(2)15-20-8-10-21(11-9-20)27(33)22-5-3-6-23(16-22)28(34)31-25-12-14-32-26(25)18-35-29(32)24-7-4-13-30-17-24/h3-14,16-17,19,29H,15,18H2,1-2H3,(H,31,34). The van der Waals surface area contributed by atoms with Gasteiger partial charge in [0.15, 0.2) is 5.78 Å². The first kappa shape index (κ1) is 23.1. The van der Waals surface area contributed by atoms with E-state index in [1.54, 1.807) is 42.2 Å². The lowest BCUT2D eigenvalue weighted by molar-refractivity contribution is 0.102. The first-order valence-corrected chi connectivity index (χ1v) is 12.8. The Hall–Kier alpha value is -3.64. The normalized spacial score (nSPS) is 14.7. The number of hydrogen-bond acceptors (Lipinski definition) is 4.